The van der Waals surface area contributed by atoms with Gasteiger partial charge in [0.05, 0.1) is 11.4 Å². The van der Waals surface area contributed by atoms with E-state index >= 15 is 0 Å². The smallest absolute Gasteiger partial charge is 0.276 e. The van der Waals surface area contributed by atoms with E-state index < -0.39 is 0 Å². The van der Waals surface area contributed by atoms with Crippen LogP contribution in [0.25, 0.3) is 11.3 Å². The second kappa shape index (κ2) is 5.98. The summed E-state index contributed by atoms with van der Waals surface area (Å²) in [5.41, 5.74) is 3.86. The molecule has 1 amide bonds. The van der Waals surface area contributed by atoms with Crippen molar-refractivity contribution in [1.29, 1.82) is 0 Å². The molecule has 0 aromatic carbocycles. The minimum absolute atomic E-state index is 0.120. The van der Waals surface area contributed by atoms with E-state index in [0.717, 1.165) is 41.1 Å². The summed E-state index contributed by atoms with van der Waals surface area (Å²) in [6.45, 7) is 1.03. The number of aromatic nitrogens is 5. The second-order valence-corrected chi connectivity index (χ2v) is 6.64. The minimum Gasteiger partial charge on any atom is -0.360 e. The van der Waals surface area contributed by atoms with Crippen LogP contribution in [-0.2, 0) is 13.0 Å². The topological polar surface area (TPSA) is 97.9 Å². The summed E-state index contributed by atoms with van der Waals surface area (Å²) in [5, 5.41) is 3.97. The standard InChI is InChI=1S/C18H16N6O2/c25-18(15-5-16(26-23-15)11-1-2-11)24-4-3-14-13(8-24)17(22-10-21-14)12-6-19-9-20-7-12/h5-7,9-11H,1-4,8H2. The van der Waals surface area contributed by atoms with Crippen LogP contribution in [0, 0.1) is 0 Å². The molecule has 1 aliphatic carbocycles. The monoisotopic (exact) mass is 348 g/mol. The van der Waals surface area contributed by atoms with Crippen molar-refractivity contribution in [2.45, 2.75) is 31.7 Å². The molecule has 2 aliphatic rings. The number of carbonyl (C=O) groups excluding carboxylic acids is 1. The van der Waals surface area contributed by atoms with Crippen molar-refractivity contribution in [3.63, 3.8) is 0 Å². The van der Waals surface area contributed by atoms with Crippen LogP contribution >= 0.6 is 0 Å². The molecule has 0 bridgehead atoms. The van der Waals surface area contributed by atoms with E-state index in [1.54, 1.807) is 29.7 Å². The molecule has 3 aromatic heterocycles. The van der Waals surface area contributed by atoms with Gasteiger partial charge in [-0.15, -0.1) is 0 Å². The first-order valence-corrected chi connectivity index (χ1v) is 8.63. The van der Waals surface area contributed by atoms with Crippen molar-refractivity contribution in [3.05, 3.63) is 53.8 Å². The molecule has 1 saturated carbocycles. The maximum absolute atomic E-state index is 12.9. The molecule has 0 N–H and O–H groups in total. The van der Waals surface area contributed by atoms with Crippen molar-refractivity contribution < 1.29 is 9.32 Å². The Bertz CT molecular complexity index is 967. The number of amides is 1. The fraction of sp³-hybridized carbons (Fsp3) is 0.333. The third kappa shape index (κ3) is 2.63. The molecular weight excluding hydrogens is 332 g/mol. The third-order valence-electron chi connectivity index (χ3n) is 4.85. The maximum atomic E-state index is 12.9. The van der Waals surface area contributed by atoms with Crippen LogP contribution in [0.3, 0.4) is 0 Å². The lowest BCUT2D eigenvalue weighted by atomic mass is 10.0. The van der Waals surface area contributed by atoms with Crippen LogP contribution in [0.15, 0.2) is 35.6 Å². The molecule has 26 heavy (non-hydrogen) atoms. The van der Waals surface area contributed by atoms with Crippen molar-refractivity contribution in [2.24, 2.45) is 0 Å². The molecule has 8 heteroatoms. The Balaban J connectivity index is 1.44. The molecule has 0 unspecified atom stereocenters. The molecule has 8 nitrogen and oxygen atoms in total. The predicted octanol–water partition coefficient (Wildman–Crippen LogP) is 2.00. The molecule has 0 spiro atoms. The fourth-order valence-corrected chi connectivity index (χ4v) is 3.30. The van der Waals surface area contributed by atoms with Crippen molar-refractivity contribution >= 4 is 5.91 Å². The van der Waals surface area contributed by atoms with Crippen molar-refractivity contribution in [1.82, 2.24) is 30.0 Å². The summed E-state index contributed by atoms with van der Waals surface area (Å²) in [4.78, 5) is 31.5. The summed E-state index contributed by atoms with van der Waals surface area (Å²) >= 11 is 0. The second-order valence-electron chi connectivity index (χ2n) is 6.64. The number of nitrogens with zero attached hydrogens (tertiary/aromatic N) is 6. The average Bonchev–Trinajstić information content (AvgIpc) is 3.44. The zero-order valence-electron chi connectivity index (χ0n) is 14.0. The Labute approximate surface area is 149 Å². The molecule has 0 saturated heterocycles. The highest BCUT2D eigenvalue weighted by Gasteiger charge is 2.31. The first-order valence-electron chi connectivity index (χ1n) is 8.63. The van der Waals surface area contributed by atoms with Crippen LogP contribution in [0.2, 0.25) is 0 Å². The van der Waals surface area contributed by atoms with Gasteiger partial charge in [-0.05, 0) is 12.8 Å². The Kier molecular flexibility index (Phi) is 3.48. The van der Waals surface area contributed by atoms with Gasteiger partial charge in [0.1, 0.15) is 18.4 Å². The quantitative estimate of drug-likeness (QED) is 0.714. The van der Waals surface area contributed by atoms with Crippen LogP contribution in [0.4, 0.5) is 0 Å². The molecule has 0 radical (unpaired) electrons. The summed E-state index contributed by atoms with van der Waals surface area (Å²) in [7, 11) is 0. The van der Waals surface area contributed by atoms with Crippen molar-refractivity contribution in [2.75, 3.05) is 6.54 Å². The van der Waals surface area contributed by atoms with Crippen LogP contribution in [0.1, 0.15) is 46.3 Å². The SMILES string of the molecule is O=C(c1cc(C2CC2)on1)N1CCc2ncnc(-c3cncnc3)c2C1. The van der Waals surface area contributed by atoms with Gasteiger partial charge < -0.3 is 9.42 Å². The number of rotatable bonds is 3. The van der Waals surface area contributed by atoms with Gasteiger partial charge in [-0.25, -0.2) is 19.9 Å². The van der Waals surface area contributed by atoms with E-state index in [1.165, 1.54) is 6.33 Å². The first kappa shape index (κ1) is 15.1. The lowest BCUT2D eigenvalue weighted by molar-refractivity contribution is 0.0723. The zero-order chi connectivity index (χ0) is 17.5. The highest BCUT2D eigenvalue weighted by atomic mass is 16.5. The molecule has 130 valence electrons. The zero-order valence-corrected chi connectivity index (χ0v) is 14.0. The lowest BCUT2D eigenvalue weighted by Crippen LogP contribution is -2.37. The molecule has 1 aliphatic heterocycles. The summed E-state index contributed by atoms with van der Waals surface area (Å²) in [5.74, 6) is 1.13. The Hall–Kier alpha value is -3.16. The first-order chi connectivity index (χ1) is 12.8. The molecule has 3 aromatic rings. The van der Waals surface area contributed by atoms with E-state index in [-0.39, 0.29) is 5.91 Å². The van der Waals surface area contributed by atoms with Crippen molar-refractivity contribution in [3.8, 4) is 11.3 Å². The largest absolute Gasteiger partial charge is 0.360 e. The summed E-state index contributed by atoms with van der Waals surface area (Å²) in [6.07, 6.45) is 9.37. The van der Waals surface area contributed by atoms with Gasteiger partial charge in [0.25, 0.3) is 5.91 Å². The van der Waals surface area contributed by atoms with E-state index in [9.17, 15) is 4.79 Å². The minimum atomic E-state index is -0.120. The molecule has 4 heterocycles. The van der Waals surface area contributed by atoms with E-state index in [1.807, 2.05) is 0 Å². The highest BCUT2D eigenvalue weighted by Crippen LogP contribution is 2.40. The van der Waals surface area contributed by atoms with Gasteiger partial charge in [0.2, 0.25) is 0 Å². The highest BCUT2D eigenvalue weighted by molar-refractivity contribution is 5.92. The predicted molar refractivity (Wildman–Crippen MR) is 90.0 cm³/mol. The van der Waals surface area contributed by atoms with Gasteiger partial charge in [-0.3, -0.25) is 4.79 Å². The van der Waals surface area contributed by atoms with E-state index in [0.29, 0.717) is 31.1 Å². The average molecular weight is 348 g/mol. The number of hydrogen-bond donors (Lipinski definition) is 0. The Morgan fingerprint density at radius 3 is 2.81 bits per heavy atom. The molecule has 1 fully saturated rings. The number of hydrogen-bond acceptors (Lipinski definition) is 7. The summed E-state index contributed by atoms with van der Waals surface area (Å²) < 4.78 is 5.32. The van der Waals surface area contributed by atoms with E-state index in [4.69, 9.17) is 4.52 Å². The van der Waals surface area contributed by atoms with Gasteiger partial charge in [0, 0.05) is 55.0 Å². The third-order valence-corrected chi connectivity index (χ3v) is 4.85. The van der Waals surface area contributed by atoms with Gasteiger partial charge >= 0.3 is 0 Å². The van der Waals surface area contributed by atoms with E-state index in [2.05, 4.69) is 25.1 Å². The fourth-order valence-electron chi connectivity index (χ4n) is 3.30. The normalized spacial score (nSPS) is 16.4. The van der Waals surface area contributed by atoms with Crippen LogP contribution in [-0.4, -0.2) is 42.4 Å². The Morgan fingerprint density at radius 1 is 1.15 bits per heavy atom. The van der Waals surface area contributed by atoms with Gasteiger partial charge in [-0.2, -0.15) is 0 Å². The lowest BCUT2D eigenvalue weighted by Gasteiger charge is -2.28. The Morgan fingerprint density at radius 2 is 2.00 bits per heavy atom. The molecule has 5 rings (SSSR count). The van der Waals surface area contributed by atoms with Crippen LogP contribution < -0.4 is 0 Å². The number of fused-ring (bicyclic) bond motifs is 1. The van der Waals surface area contributed by atoms with Crippen LogP contribution in [0.5, 0.6) is 0 Å². The van der Waals surface area contributed by atoms with Gasteiger partial charge in [0.15, 0.2) is 5.69 Å². The summed E-state index contributed by atoms with van der Waals surface area (Å²) in [6, 6.07) is 1.78. The number of carbonyl (C=O) groups is 1. The molecule has 0 atom stereocenters. The van der Waals surface area contributed by atoms with Gasteiger partial charge in [-0.1, -0.05) is 5.16 Å². The molecular formula is C18H16N6O2. The maximum Gasteiger partial charge on any atom is 0.276 e.